The molecule has 0 bridgehead atoms. The molecule has 1 aromatic heterocycles. The highest BCUT2D eigenvalue weighted by Gasteiger charge is 2.22. The van der Waals surface area contributed by atoms with Gasteiger partial charge >= 0.3 is 0 Å². The zero-order chi connectivity index (χ0) is 14.1. The number of carbonyl (C=O) groups is 1. The highest BCUT2D eigenvalue weighted by molar-refractivity contribution is 6.05. The molecular weight excluding hydrogens is 288 g/mol. The first kappa shape index (κ1) is 15.9. The smallest absolute Gasteiger partial charge is 0.255 e. The van der Waals surface area contributed by atoms with Crippen LogP contribution in [-0.4, -0.2) is 18.0 Å². The van der Waals surface area contributed by atoms with Crippen LogP contribution in [0.5, 0.6) is 0 Å². The zero-order valence-electron chi connectivity index (χ0n) is 12.1. The zero-order valence-corrected chi connectivity index (χ0v) is 12.9. The van der Waals surface area contributed by atoms with E-state index in [4.69, 9.17) is 10.2 Å². The summed E-state index contributed by atoms with van der Waals surface area (Å²) in [6.45, 7) is 1.89. The maximum absolute atomic E-state index is 12.4. The third kappa shape index (κ3) is 3.39. The van der Waals surface area contributed by atoms with E-state index in [9.17, 15) is 4.79 Å². The molecule has 0 radical (unpaired) electrons. The Morgan fingerprint density at radius 3 is 2.71 bits per heavy atom. The quantitative estimate of drug-likeness (QED) is 0.895. The van der Waals surface area contributed by atoms with E-state index in [0.717, 1.165) is 36.8 Å². The molecular formula is C16H21ClN2O2. The van der Waals surface area contributed by atoms with E-state index >= 15 is 0 Å². The fraction of sp³-hybridized carbons (Fsp3) is 0.438. The Hall–Kier alpha value is -1.52. The van der Waals surface area contributed by atoms with Crippen molar-refractivity contribution in [2.75, 3.05) is 0 Å². The Kier molecular flexibility index (Phi) is 4.91. The Labute approximate surface area is 130 Å². The Morgan fingerprint density at radius 2 is 2.00 bits per heavy atom. The van der Waals surface area contributed by atoms with Crippen molar-refractivity contribution in [3.05, 3.63) is 35.6 Å². The summed E-state index contributed by atoms with van der Waals surface area (Å²) in [5.74, 6) is 0.773. The van der Waals surface area contributed by atoms with Crippen LogP contribution >= 0.6 is 12.4 Å². The first-order valence-corrected chi connectivity index (χ1v) is 7.19. The molecule has 1 aromatic carbocycles. The van der Waals surface area contributed by atoms with Crippen molar-refractivity contribution < 1.29 is 9.21 Å². The molecule has 2 aromatic rings. The van der Waals surface area contributed by atoms with Crippen LogP contribution in [0.25, 0.3) is 11.0 Å². The van der Waals surface area contributed by atoms with Crippen molar-refractivity contribution in [3.8, 4) is 0 Å². The van der Waals surface area contributed by atoms with E-state index < -0.39 is 0 Å². The number of rotatable bonds is 2. The predicted molar refractivity (Wildman–Crippen MR) is 85.9 cm³/mol. The number of furan rings is 1. The normalized spacial score (nSPS) is 21.8. The van der Waals surface area contributed by atoms with Crippen molar-refractivity contribution in [2.24, 2.45) is 5.73 Å². The fourth-order valence-corrected chi connectivity index (χ4v) is 2.90. The molecule has 1 aliphatic carbocycles. The number of para-hydroxylation sites is 1. The van der Waals surface area contributed by atoms with E-state index in [1.165, 1.54) is 0 Å². The fourth-order valence-electron chi connectivity index (χ4n) is 2.90. The minimum Gasteiger partial charge on any atom is -0.461 e. The first-order chi connectivity index (χ1) is 9.63. The summed E-state index contributed by atoms with van der Waals surface area (Å²) in [7, 11) is 0. The van der Waals surface area contributed by atoms with Crippen molar-refractivity contribution in [1.29, 1.82) is 0 Å². The molecule has 1 aliphatic rings. The van der Waals surface area contributed by atoms with Gasteiger partial charge in [0.15, 0.2) is 0 Å². The molecule has 5 heteroatoms. The minimum absolute atomic E-state index is 0. The first-order valence-electron chi connectivity index (χ1n) is 7.19. The van der Waals surface area contributed by atoms with E-state index in [1.54, 1.807) is 0 Å². The number of aryl methyl sites for hydroxylation is 1. The molecule has 1 heterocycles. The molecule has 114 valence electrons. The number of carbonyl (C=O) groups excluding carboxylic acids is 1. The second kappa shape index (κ2) is 6.50. The van der Waals surface area contributed by atoms with Gasteiger partial charge in [-0.1, -0.05) is 12.1 Å². The lowest BCUT2D eigenvalue weighted by Crippen LogP contribution is -2.40. The van der Waals surface area contributed by atoms with Crippen LogP contribution in [0.2, 0.25) is 0 Å². The van der Waals surface area contributed by atoms with Gasteiger partial charge in [-0.2, -0.15) is 0 Å². The van der Waals surface area contributed by atoms with E-state index in [0.29, 0.717) is 17.2 Å². The molecule has 0 atom stereocenters. The maximum Gasteiger partial charge on any atom is 0.255 e. The van der Waals surface area contributed by atoms with Crippen LogP contribution in [0.4, 0.5) is 0 Å². The average Bonchev–Trinajstić information content (AvgIpc) is 2.81. The molecule has 1 fully saturated rings. The predicted octanol–water partition coefficient (Wildman–Crippen LogP) is 3.16. The SMILES string of the molecule is Cc1cc2cccc(C(=O)NC3CCC(N)CC3)c2o1.Cl. The van der Waals surface area contributed by atoms with Gasteiger partial charge in [-0.05, 0) is 44.7 Å². The lowest BCUT2D eigenvalue weighted by Gasteiger charge is -2.26. The van der Waals surface area contributed by atoms with Crippen LogP contribution in [0, 0.1) is 6.92 Å². The van der Waals surface area contributed by atoms with Crippen molar-refractivity contribution >= 4 is 29.3 Å². The molecule has 3 N–H and O–H groups in total. The van der Waals surface area contributed by atoms with Gasteiger partial charge in [0, 0.05) is 17.5 Å². The van der Waals surface area contributed by atoms with Crippen LogP contribution in [0.1, 0.15) is 41.8 Å². The summed E-state index contributed by atoms with van der Waals surface area (Å²) in [6.07, 6.45) is 3.88. The van der Waals surface area contributed by atoms with Gasteiger partial charge in [0.2, 0.25) is 0 Å². The highest BCUT2D eigenvalue weighted by atomic mass is 35.5. The maximum atomic E-state index is 12.4. The van der Waals surface area contributed by atoms with Crippen LogP contribution in [-0.2, 0) is 0 Å². The van der Waals surface area contributed by atoms with Gasteiger partial charge in [-0.25, -0.2) is 0 Å². The highest BCUT2D eigenvalue weighted by Crippen LogP contribution is 2.23. The van der Waals surface area contributed by atoms with Gasteiger partial charge in [0.25, 0.3) is 5.91 Å². The summed E-state index contributed by atoms with van der Waals surface area (Å²) >= 11 is 0. The van der Waals surface area contributed by atoms with Gasteiger partial charge in [-0.15, -0.1) is 12.4 Å². The molecule has 4 nitrogen and oxygen atoms in total. The lowest BCUT2D eigenvalue weighted by molar-refractivity contribution is 0.0926. The number of benzene rings is 1. The topological polar surface area (TPSA) is 68.3 Å². The van der Waals surface area contributed by atoms with E-state index in [2.05, 4.69) is 5.32 Å². The summed E-state index contributed by atoms with van der Waals surface area (Å²) in [5, 5.41) is 4.08. The molecule has 0 aliphatic heterocycles. The second-order valence-electron chi connectivity index (χ2n) is 5.67. The number of amides is 1. The third-order valence-corrected chi connectivity index (χ3v) is 4.02. The summed E-state index contributed by atoms with van der Waals surface area (Å²) in [6, 6.07) is 8.14. The Balaban J connectivity index is 0.00000161. The van der Waals surface area contributed by atoms with Crippen LogP contribution in [0.15, 0.2) is 28.7 Å². The monoisotopic (exact) mass is 308 g/mol. The summed E-state index contributed by atoms with van der Waals surface area (Å²) in [5.41, 5.74) is 7.18. The molecule has 21 heavy (non-hydrogen) atoms. The van der Waals surface area contributed by atoms with E-state index in [-0.39, 0.29) is 24.4 Å². The van der Waals surface area contributed by atoms with Crippen molar-refractivity contribution in [2.45, 2.75) is 44.7 Å². The number of hydrogen-bond donors (Lipinski definition) is 2. The number of fused-ring (bicyclic) bond motifs is 1. The van der Waals surface area contributed by atoms with Gasteiger partial charge in [0.05, 0.1) is 5.56 Å². The number of halogens is 1. The van der Waals surface area contributed by atoms with Crippen LogP contribution in [0.3, 0.4) is 0 Å². The lowest BCUT2D eigenvalue weighted by atomic mass is 9.91. The molecule has 0 saturated heterocycles. The number of hydrogen-bond acceptors (Lipinski definition) is 3. The van der Waals surface area contributed by atoms with Crippen LogP contribution < -0.4 is 11.1 Å². The van der Waals surface area contributed by atoms with E-state index in [1.807, 2.05) is 31.2 Å². The third-order valence-electron chi connectivity index (χ3n) is 4.02. The van der Waals surface area contributed by atoms with Crippen molar-refractivity contribution in [1.82, 2.24) is 5.32 Å². The Morgan fingerprint density at radius 1 is 1.29 bits per heavy atom. The minimum atomic E-state index is -0.0505. The number of nitrogens with one attached hydrogen (secondary N) is 1. The number of nitrogens with two attached hydrogens (primary N) is 1. The summed E-state index contributed by atoms with van der Waals surface area (Å²) < 4.78 is 5.65. The summed E-state index contributed by atoms with van der Waals surface area (Å²) in [4.78, 5) is 12.4. The molecule has 3 rings (SSSR count). The molecule has 1 saturated carbocycles. The molecule has 0 unspecified atom stereocenters. The van der Waals surface area contributed by atoms with Gasteiger partial charge in [-0.3, -0.25) is 4.79 Å². The Bertz CT molecular complexity index is 630. The largest absolute Gasteiger partial charge is 0.461 e. The van der Waals surface area contributed by atoms with Gasteiger partial charge in [0.1, 0.15) is 11.3 Å². The van der Waals surface area contributed by atoms with Gasteiger partial charge < -0.3 is 15.5 Å². The average molecular weight is 309 g/mol. The molecule has 1 amide bonds. The standard InChI is InChI=1S/C16H20N2O2.ClH/c1-10-9-11-3-2-4-14(15(11)20-10)16(19)18-13-7-5-12(17)6-8-13;/h2-4,9,12-13H,5-8,17H2,1H3,(H,18,19);1H. The second-order valence-corrected chi connectivity index (χ2v) is 5.67. The van der Waals surface area contributed by atoms with Crippen molar-refractivity contribution in [3.63, 3.8) is 0 Å². The molecule has 0 spiro atoms.